The van der Waals surface area contributed by atoms with E-state index in [0.29, 0.717) is 30.4 Å². The van der Waals surface area contributed by atoms with E-state index < -0.39 is 5.97 Å². The minimum atomic E-state index is -0.916. The van der Waals surface area contributed by atoms with E-state index in [0.717, 1.165) is 42.0 Å². The second-order valence-corrected chi connectivity index (χ2v) is 8.40. The molecule has 1 saturated carbocycles. The monoisotopic (exact) mass is 425 g/mol. The normalized spacial score (nSPS) is 18.5. The molecule has 0 bridgehead atoms. The predicted molar refractivity (Wildman–Crippen MR) is 121 cm³/mol. The van der Waals surface area contributed by atoms with Crippen LogP contribution in [0.25, 0.3) is 0 Å². The quantitative estimate of drug-likeness (QED) is 0.682. The van der Waals surface area contributed by atoms with Crippen LogP contribution in [0.15, 0.2) is 48.5 Å². The summed E-state index contributed by atoms with van der Waals surface area (Å²) >= 11 is 5.78. The van der Waals surface area contributed by atoms with Crippen molar-refractivity contribution in [2.24, 2.45) is 11.8 Å². The molecule has 1 fully saturated rings. The van der Waals surface area contributed by atoms with E-state index in [-0.39, 0.29) is 5.92 Å². The number of carbonyl (C=O) groups is 1. The number of carboxylic acid groups (broad SMARTS) is 1. The zero-order valence-electron chi connectivity index (χ0n) is 17.6. The topological polar surface area (TPSA) is 64.6 Å². The third kappa shape index (κ3) is 5.95. The maximum Gasteiger partial charge on any atom is 0.173 e. The van der Waals surface area contributed by atoms with Crippen molar-refractivity contribution in [3.8, 4) is 5.75 Å². The molecule has 0 aromatic heterocycles. The van der Waals surface area contributed by atoms with Crippen LogP contribution in [0.1, 0.15) is 36.8 Å². The number of thiocarbonyl (C=S) groups is 1. The molecule has 1 aliphatic carbocycles. The highest BCUT2D eigenvalue weighted by molar-refractivity contribution is 7.80. The Kier molecular flexibility index (Phi) is 7.69. The SMILES string of the molecule is COc1ccc(CN(CC2CCC(C(=O)[O-])CC2)C(=S)Nc2ccccc2C)cc1. The van der Waals surface area contributed by atoms with E-state index in [1.54, 1.807) is 7.11 Å². The maximum atomic E-state index is 11.2. The Balaban J connectivity index is 1.71. The van der Waals surface area contributed by atoms with Crippen molar-refractivity contribution < 1.29 is 14.6 Å². The first-order valence-electron chi connectivity index (χ1n) is 10.4. The van der Waals surface area contributed by atoms with Gasteiger partial charge in [-0.2, -0.15) is 0 Å². The number of hydrogen-bond donors (Lipinski definition) is 1. The van der Waals surface area contributed by atoms with Crippen LogP contribution in [0.4, 0.5) is 5.69 Å². The van der Waals surface area contributed by atoms with Gasteiger partial charge < -0.3 is 24.9 Å². The fourth-order valence-electron chi connectivity index (χ4n) is 3.97. The van der Waals surface area contributed by atoms with Crippen molar-refractivity contribution in [2.45, 2.75) is 39.2 Å². The van der Waals surface area contributed by atoms with E-state index in [1.807, 2.05) is 30.3 Å². The number of nitrogens with zero attached hydrogens (tertiary/aromatic N) is 1. The summed E-state index contributed by atoms with van der Waals surface area (Å²) in [6.07, 6.45) is 3.12. The lowest BCUT2D eigenvalue weighted by Gasteiger charge is -2.34. The van der Waals surface area contributed by atoms with Crippen molar-refractivity contribution in [2.75, 3.05) is 19.0 Å². The molecule has 6 heteroatoms. The average molecular weight is 426 g/mol. The molecule has 0 radical (unpaired) electrons. The van der Waals surface area contributed by atoms with Crippen molar-refractivity contribution in [3.63, 3.8) is 0 Å². The largest absolute Gasteiger partial charge is 0.550 e. The van der Waals surface area contributed by atoms with Gasteiger partial charge in [0.15, 0.2) is 5.11 Å². The van der Waals surface area contributed by atoms with Gasteiger partial charge in [-0.1, -0.05) is 30.3 Å². The van der Waals surface area contributed by atoms with Crippen LogP contribution in [0.2, 0.25) is 0 Å². The van der Waals surface area contributed by atoms with E-state index in [2.05, 4.69) is 35.3 Å². The summed E-state index contributed by atoms with van der Waals surface area (Å²) in [4.78, 5) is 13.3. The Morgan fingerprint density at radius 1 is 1.13 bits per heavy atom. The van der Waals surface area contributed by atoms with Crippen LogP contribution >= 0.6 is 12.2 Å². The number of methoxy groups -OCH3 is 1. The second kappa shape index (κ2) is 10.4. The van der Waals surface area contributed by atoms with Gasteiger partial charge in [-0.25, -0.2) is 0 Å². The van der Waals surface area contributed by atoms with Gasteiger partial charge in [0.1, 0.15) is 5.75 Å². The van der Waals surface area contributed by atoms with Crippen molar-refractivity contribution >= 4 is 29.0 Å². The number of rotatable bonds is 7. The summed E-state index contributed by atoms with van der Waals surface area (Å²) in [6.45, 7) is 3.53. The van der Waals surface area contributed by atoms with Gasteiger partial charge in [-0.05, 0) is 86.0 Å². The van der Waals surface area contributed by atoms with Gasteiger partial charge in [0.2, 0.25) is 0 Å². The smallest absolute Gasteiger partial charge is 0.173 e. The molecule has 3 rings (SSSR count). The molecule has 1 aliphatic rings. The Morgan fingerprint density at radius 2 is 1.80 bits per heavy atom. The lowest BCUT2D eigenvalue weighted by atomic mass is 9.82. The molecule has 0 heterocycles. The van der Waals surface area contributed by atoms with Gasteiger partial charge in [-0.3, -0.25) is 0 Å². The van der Waals surface area contributed by atoms with Crippen molar-refractivity contribution in [1.29, 1.82) is 0 Å². The first-order valence-corrected chi connectivity index (χ1v) is 10.8. The van der Waals surface area contributed by atoms with Crippen LogP contribution in [-0.4, -0.2) is 29.6 Å². The molecule has 1 N–H and O–H groups in total. The molecular weight excluding hydrogens is 396 g/mol. The number of aryl methyl sites for hydroxylation is 1. The molecular formula is C24H29N2O3S-. The minimum absolute atomic E-state index is 0.312. The van der Waals surface area contributed by atoms with Gasteiger partial charge in [0.25, 0.3) is 0 Å². The molecule has 2 aromatic rings. The molecule has 0 saturated heterocycles. The first kappa shape index (κ1) is 22.1. The Bertz CT molecular complexity index is 861. The fraction of sp³-hybridized carbons (Fsp3) is 0.417. The van der Waals surface area contributed by atoms with Crippen LogP contribution in [0, 0.1) is 18.8 Å². The van der Waals surface area contributed by atoms with E-state index in [1.165, 1.54) is 0 Å². The number of anilines is 1. The van der Waals surface area contributed by atoms with E-state index in [9.17, 15) is 9.90 Å². The molecule has 2 aromatic carbocycles. The zero-order valence-corrected chi connectivity index (χ0v) is 18.4. The van der Waals surface area contributed by atoms with Gasteiger partial charge >= 0.3 is 0 Å². The molecule has 30 heavy (non-hydrogen) atoms. The Morgan fingerprint density at radius 3 is 2.40 bits per heavy atom. The maximum absolute atomic E-state index is 11.2. The van der Waals surface area contributed by atoms with Crippen LogP contribution in [0.5, 0.6) is 5.75 Å². The van der Waals surface area contributed by atoms with Crippen LogP contribution < -0.4 is 15.2 Å². The van der Waals surface area contributed by atoms with Gasteiger partial charge in [0.05, 0.1) is 7.11 Å². The second-order valence-electron chi connectivity index (χ2n) is 8.01. The minimum Gasteiger partial charge on any atom is -0.550 e. The average Bonchev–Trinajstić information content (AvgIpc) is 2.75. The number of ether oxygens (including phenoxy) is 1. The zero-order chi connectivity index (χ0) is 21.5. The molecule has 0 spiro atoms. The summed E-state index contributed by atoms with van der Waals surface area (Å²) in [5, 5.41) is 15.2. The van der Waals surface area contributed by atoms with Crippen molar-refractivity contribution in [1.82, 2.24) is 4.90 Å². The van der Waals surface area contributed by atoms with E-state index >= 15 is 0 Å². The number of para-hydroxylation sites is 1. The molecule has 5 nitrogen and oxygen atoms in total. The van der Waals surface area contributed by atoms with Crippen molar-refractivity contribution in [3.05, 3.63) is 59.7 Å². The standard InChI is InChI=1S/C24H30N2O3S/c1-17-5-3-4-6-22(17)25-24(30)26(16-19-9-13-21(29-2)14-10-19)15-18-7-11-20(12-8-18)23(27)28/h3-6,9-10,13-14,18,20H,7-8,11-12,15-16H2,1-2H3,(H,25,30)(H,27,28)/p-1. The number of benzene rings is 2. The number of nitrogens with one attached hydrogen (secondary N) is 1. The van der Waals surface area contributed by atoms with Gasteiger partial charge in [-0.15, -0.1) is 0 Å². The number of hydrogen-bond acceptors (Lipinski definition) is 4. The summed E-state index contributed by atoms with van der Waals surface area (Å²) < 4.78 is 5.26. The third-order valence-electron chi connectivity index (χ3n) is 5.87. The van der Waals surface area contributed by atoms with Gasteiger partial charge in [0, 0.05) is 24.7 Å². The summed E-state index contributed by atoms with van der Waals surface area (Å²) in [6, 6.07) is 16.1. The highest BCUT2D eigenvalue weighted by atomic mass is 32.1. The van der Waals surface area contributed by atoms with Crippen LogP contribution in [0.3, 0.4) is 0 Å². The number of aliphatic carboxylic acids is 1. The number of carbonyl (C=O) groups excluding carboxylic acids is 1. The Hall–Kier alpha value is -2.60. The number of carboxylic acids is 1. The summed E-state index contributed by atoms with van der Waals surface area (Å²) in [7, 11) is 1.66. The third-order valence-corrected chi connectivity index (χ3v) is 6.23. The molecule has 0 amide bonds. The molecule has 0 atom stereocenters. The lowest BCUT2D eigenvalue weighted by molar-refractivity contribution is -0.312. The predicted octanol–water partition coefficient (Wildman–Crippen LogP) is 3.76. The van der Waals surface area contributed by atoms with Crippen LogP contribution in [-0.2, 0) is 11.3 Å². The summed E-state index contributed by atoms with van der Waals surface area (Å²) in [5.74, 6) is 0.00981. The highest BCUT2D eigenvalue weighted by Crippen LogP contribution is 2.30. The molecule has 0 aliphatic heterocycles. The van der Waals surface area contributed by atoms with E-state index in [4.69, 9.17) is 17.0 Å². The molecule has 0 unspecified atom stereocenters. The first-order chi connectivity index (χ1) is 14.5. The summed E-state index contributed by atoms with van der Waals surface area (Å²) in [5.41, 5.74) is 3.29. The highest BCUT2D eigenvalue weighted by Gasteiger charge is 2.25. The lowest BCUT2D eigenvalue weighted by Crippen LogP contribution is -2.40. The Labute approximate surface area is 184 Å². The fourth-order valence-corrected chi connectivity index (χ4v) is 4.22. The molecule has 160 valence electrons.